The molecule has 2 fully saturated rings. The molecular formula is C42H52N8O6S. The SMILES string of the molecule is COC(=O)N[C@H](C(=O)N1C[C@@H](C)C[C@@H]1c1nc2sc(-c3ccc(-c4ccc5nc([C@@H]6C[C@H](C)CN6C(=O)[C@@H](NC(=O)OC)C(C)C)[nH]c5c4)cc3)cc2[nH]1)C(C)C. The highest BCUT2D eigenvalue weighted by Crippen LogP contribution is 2.40. The quantitative estimate of drug-likeness (QED) is 0.113. The first-order chi connectivity index (χ1) is 27.2. The lowest BCUT2D eigenvalue weighted by atomic mass is 10.0. The number of benzene rings is 2. The van der Waals surface area contributed by atoms with E-state index in [4.69, 9.17) is 19.4 Å². The molecule has 14 nitrogen and oxygen atoms in total. The smallest absolute Gasteiger partial charge is 0.407 e. The molecule has 0 saturated carbocycles. The largest absolute Gasteiger partial charge is 0.453 e. The van der Waals surface area contributed by atoms with E-state index >= 15 is 0 Å². The lowest BCUT2D eigenvalue weighted by Crippen LogP contribution is -2.51. The van der Waals surface area contributed by atoms with Crippen LogP contribution in [-0.2, 0) is 19.1 Å². The van der Waals surface area contributed by atoms with Crippen LogP contribution < -0.4 is 10.6 Å². The number of alkyl carbamates (subject to hydrolysis) is 2. The summed E-state index contributed by atoms with van der Waals surface area (Å²) in [6.45, 7) is 13.1. The summed E-state index contributed by atoms with van der Waals surface area (Å²) < 4.78 is 9.57. The predicted molar refractivity (Wildman–Crippen MR) is 219 cm³/mol. The van der Waals surface area contributed by atoms with Gasteiger partial charge in [0.25, 0.3) is 0 Å². The van der Waals surface area contributed by atoms with E-state index in [1.807, 2.05) is 43.6 Å². The average Bonchev–Trinajstić information content (AvgIpc) is 4.02. The molecule has 0 radical (unpaired) electrons. The lowest BCUT2D eigenvalue weighted by molar-refractivity contribution is -0.136. The van der Waals surface area contributed by atoms with Crippen molar-refractivity contribution in [2.45, 2.75) is 78.6 Å². The Morgan fingerprint density at radius 2 is 1.19 bits per heavy atom. The molecule has 5 heterocycles. The Kier molecular flexibility index (Phi) is 11.3. The summed E-state index contributed by atoms with van der Waals surface area (Å²) in [5, 5.41) is 5.44. The van der Waals surface area contributed by atoms with Crippen molar-refractivity contribution >= 4 is 56.7 Å². The number of thiophene rings is 1. The molecule has 0 bridgehead atoms. The minimum absolute atomic E-state index is 0.109. The van der Waals surface area contributed by atoms with Crippen molar-refractivity contribution in [1.29, 1.82) is 0 Å². The van der Waals surface area contributed by atoms with E-state index in [2.05, 4.69) is 76.9 Å². The second kappa shape index (κ2) is 16.2. The van der Waals surface area contributed by atoms with Crippen molar-refractivity contribution in [3.05, 3.63) is 60.2 Å². The fourth-order valence-electron chi connectivity index (χ4n) is 8.18. The molecule has 4 amide bonds. The number of fused-ring (bicyclic) bond motifs is 2. The van der Waals surface area contributed by atoms with E-state index < -0.39 is 24.3 Å². The van der Waals surface area contributed by atoms with E-state index in [-0.39, 0.29) is 47.6 Å². The van der Waals surface area contributed by atoms with Crippen LogP contribution in [-0.4, -0.2) is 93.1 Å². The second-order valence-corrected chi connectivity index (χ2v) is 17.3. The Balaban J connectivity index is 1.06. The van der Waals surface area contributed by atoms with Gasteiger partial charge in [-0.05, 0) is 71.4 Å². The van der Waals surface area contributed by atoms with Gasteiger partial charge in [0.15, 0.2) is 0 Å². The second-order valence-electron chi connectivity index (χ2n) is 16.3. The maximum Gasteiger partial charge on any atom is 0.407 e. The van der Waals surface area contributed by atoms with Gasteiger partial charge in [0.2, 0.25) is 11.8 Å². The summed E-state index contributed by atoms with van der Waals surface area (Å²) >= 11 is 1.60. The van der Waals surface area contributed by atoms with Gasteiger partial charge in [-0.25, -0.2) is 19.6 Å². The number of hydrogen-bond donors (Lipinski definition) is 4. The van der Waals surface area contributed by atoms with Crippen molar-refractivity contribution in [2.24, 2.45) is 23.7 Å². The zero-order chi connectivity index (χ0) is 40.7. The van der Waals surface area contributed by atoms with Gasteiger partial charge in [-0.2, -0.15) is 0 Å². The maximum atomic E-state index is 13.8. The number of carbonyl (C=O) groups excluding carboxylic acids is 4. The Morgan fingerprint density at radius 3 is 1.70 bits per heavy atom. The average molecular weight is 797 g/mol. The number of rotatable bonds is 10. The number of nitrogens with one attached hydrogen (secondary N) is 4. The number of aromatic amines is 2. The summed E-state index contributed by atoms with van der Waals surface area (Å²) in [5.41, 5.74) is 5.80. The van der Waals surface area contributed by atoms with Crippen LogP contribution >= 0.6 is 11.3 Å². The molecule has 5 aromatic rings. The molecule has 57 heavy (non-hydrogen) atoms. The van der Waals surface area contributed by atoms with Crippen LogP contribution in [0.3, 0.4) is 0 Å². The molecule has 302 valence electrons. The minimum Gasteiger partial charge on any atom is -0.453 e. The zero-order valence-corrected chi connectivity index (χ0v) is 34.5. The van der Waals surface area contributed by atoms with Gasteiger partial charge in [0, 0.05) is 18.0 Å². The van der Waals surface area contributed by atoms with Gasteiger partial charge in [0.1, 0.15) is 28.6 Å². The van der Waals surface area contributed by atoms with E-state index in [0.29, 0.717) is 13.1 Å². The number of imidazole rings is 2. The minimum atomic E-state index is -0.702. The number of amides is 4. The first kappa shape index (κ1) is 39.8. The van der Waals surface area contributed by atoms with E-state index in [1.54, 1.807) is 11.3 Å². The zero-order valence-electron chi connectivity index (χ0n) is 33.7. The highest BCUT2D eigenvalue weighted by molar-refractivity contribution is 7.21. The Bertz CT molecular complexity index is 2250. The molecule has 6 atom stereocenters. The summed E-state index contributed by atoms with van der Waals surface area (Å²) in [6.07, 6.45) is 0.301. The van der Waals surface area contributed by atoms with E-state index in [9.17, 15) is 19.2 Å². The number of H-pyrrole nitrogens is 2. The van der Waals surface area contributed by atoms with E-state index in [1.165, 1.54) is 14.2 Å². The fourth-order valence-corrected chi connectivity index (χ4v) is 9.18. The fraction of sp³-hybridized carbons (Fsp3) is 0.476. The molecule has 0 aliphatic carbocycles. The molecule has 2 saturated heterocycles. The van der Waals surface area contributed by atoms with Crippen molar-refractivity contribution in [1.82, 2.24) is 40.4 Å². The first-order valence-electron chi connectivity index (χ1n) is 19.6. The van der Waals surface area contributed by atoms with Gasteiger partial charge in [-0.1, -0.05) is 71.9 Å². The molecule has 2 aliphatic heterocycles. The molecule has 2 aromatic carbocycles. The van der Waals surface area contributed by atoms with Crippen LogP contribution in [0.15, 0.2) is 48.5 Å². The molecule has 0 spiro atoms. The third kappa shape index (κ3) is 8.07. The number of hydrogen-bond acceptors (Lipinski definition) is 9. The van der Waals surface area contributed by atoms with Gasteiger partial charge < -0.3 is 39.9 Å². The van der Waals surface area contributed by atoms with Crippen molar-refractivity contribution in [2.75, 3.05) is 27.3 Å². The van der Waals surface area contributed by atoms with Gasteiger partial charge >= 0.3 is 12.2 Å². The Labute approximate surface area is 336 Å². The van der Waals surface area contributed by atoms with Gasteiger partial charge in [-0.15, -0.1) is 11.3 Å². The van der Waals surface area contributed by atoms with Crippen LogP contribution in [0.2, 0.25) is 0 Å². The monoisotopic (exact) mass is 796 g/mol. The maximum absolute atomic E-state index is 13.8. The number of carbonyl (C=O) groups is 4. The summed E-state index contributed by atoms with van der Waals surface area (Å²) in [5.74, 6) is 1.56. The number of methoxy groups -OCH3 is 2. The highest BCUT2D eigenvalue weighted by atomic mass is 32.1. The number of ether oxygens (including phenoxy) is 2. The third-order valence-corrected chi connectivity index (χ3v) is 12.3. The third-order valence-electron chi connectivity index (χ3n) is 11.2. The van der Waals surface area contributed by atoms with E-state index in [0.717, 1.165) is 67.4 Å². The summed E-state index contributed by atoms with van der Waals surface area (Å²) in [6, 6.07) is 14.9. The standard InChI is InChI=1S/C42H52N8O6S/c1-21(2)34(46-41(53)55-7)39(51)49-19-23(5)15-31(49)36-43-28-14-13-27(17-29(28)44-36)25-9-11-26(12-10-25)33-18-30-38(57-33)48-37(45-30)32-16-24(6)20-50(32)40(52)35(22(3)4)47-42(54)56-8/h9-14,17-18,21-24,31-32,34-35H,15-16,19-20H2,1-8H3,(H,43,44)(H,45,48)(H,46,53)(H,47,54)/t23-,24-,31-,32+,34-,35-/m0/s1. The molecule has 15 heteroatoms. The van der Waals surface area contributed by atoms with Gasteiger partial charge in [0.05, 0.1) is 42.9 Å². The highest BCUT2D eigenvalue weighted by Gasteiger charge is 2.41. The van der Waals surface area contributed by atoms with Crippen molar-refractivity contribution in [3.63, 3.8) is 0 Å². The Morgan fingerprint density at radius 1 is 0.702 bits per heavy atom. The van der Waals surface area contributed by atoms with Crippen LogP contribution in [0.4, 0.5) is 9.59 Å². The van der Waals surface area contributed by atoms with Gasteiger partial charge in [-0.3, -0.25) is 9.59 Å². The summed E-state index contributed by atoms with van der Waals surface area (Å²) in [7, 11) is 2.59. The predicted octanol–water partition coefficient (Wildman–Crippen LogP) is 7.41. The first-order valence-corrected chi connectivity index (χ1v) is 20.5. The number of likely N-dealkylation sites (tertiary alicyclic amines) is 2. The molecule has 4 N–H and O–H groups in total. The summed E-state index contributed by atoms with van der Waals surface area (Å²) in [4.78, 5) is 74.1. The van der Waals surface area contributed by atoms with Crippen LogP contribution in [0, 0.1) is 23.7 Å². The number of nitrogens with zero attached hydrogens (tertiary/aromatic N) is 4. The lowest BCUT2D eigenvalue weighted by Gasteiger charge is -2.30. The molecule has 7 rings (SSSR count). The van der Waals surface area contributed by atoms with Crippen LogP contribution in [0.5, 0.6) is 0 Å². The van der Waals surface area contributed by atoms with Crippen molar-refractivity contribution < 1.29 is 28.7 Å². The normalized spacial score (nSPS) is 20.7. The molecule has 0 unspecified atom stereocenters. The molecular weight excluding hydrogens is 745 g/mol. The van der Waals surface area contributed by atoms with Crippen molar-refractivity contribution in [3.8, 4) is 21.6 Å². The topological polar surface area (TPSA) is 175 Å². The molecule has 2 aliphatic rings. The number of aromatic nitrogens is 4. The molecule has 3 aromatic heterocycles. The van der Waals surface area contributed by atoms with Crippen LogP contribution in [0.1, 0.15) is 78.1 Å². The van der Waals surface area contributed by atoms with Crippen LogP contribution in [0.25, 0.3) is 42.9 Å². The Hall–Kier alpha value is -5.44.